The zero-order chi connectivity index (χ0) is 7.11. The molecule has 0 heterocycles. The van der Waals surface area contributed by atoms with Gasteiger partial charge >= 0.3 is 0 Å². The van der Waals surface area contributed by atoms with Gasteiger partial charge in [0.1, 0.15) is 0 Å². The zero-order valence-electron chi connectivity index (χ0n) is 6.30. The van der Waals surface area contributed by atoms with Gasteiger partial charge in [-0.3, -0.25) is 0 Å². The molecule has 0 unspecified atom stereocenters. The molecule has 1 nitrogen and oxygen atoms in total. The third kappa shape index (κ3) is 7.70. The number of hydrogen-bond donors (Lipinski definition) is 1. The lowest BCUT2D eigenvalue weighted by Crippen LogP contribution is -1.91. The second-order valence-electron chi connectivity index (χ2n) is 2.31. The molecule has 0 saturated heterocycles. The van der Waals surface area contributed by atoms with E-state index < -0.39 is 0 Å². The van der Waals surface area contributed by atoms with E-state index in [2.05, 4.69) is 6.92 Å². The molecule has 0 bridgehead atoms. The van der Waals surface area contributed by atoms with Crippen LogP contribution in [0.4, 0.5) is 0 Å². The molecule has 9 heavy (non-hydrogen) atoms. The van der Waals surface area contributed by atoms with Gasteiger partial charge in [0.25, 0.3) is 0 Å². The first-order valence-corrected chi connectivity index (χ1v) is 3.62. The molecule has 0 amide bonds. The molecule has 0 fully saturated rings. The topological polar surface area (TPSA) is 20.2 Å². The minimum atomic E-state index is -0.276. The fourth-order valence-electron chi connectivity index (χ4n) is 0.615. The van der Waals surface area contributed by atoms with Crippen LogP contribution in [0.5, 0.6) is 0 Å². The van der Waals surface area contributed by atoms with E-state index in [0.717, 1.165) is 6.42 Å². The average Bonchev–Trinajstić information content (AvgIpc) is 1.80. The fraction of sp³-hybridized carbons (Fsp3) is 0.750. The summed E-state index contributed by atoms with van der Waals surface area (Å²) in [4.78, 5) is 0. The Morgan fingerprint density at radius 2 is 2.22 bits per heavy atom. The molecule has 0 aliphatic carbocycles. The molecule has 1 heteroatoms. The summed E-state index contributed by atoms with van der Waals surface area (Å²) in [6, 6.07) is 0. The monoisotopic (exact) mass is 128 g/mol. The molecule has 1 atom stereocenters. The smallest absolute Gasteiger partial charge is 0.0692 e. The van der Waals surface area contributed by atoms with Crippen LogP contribution >= 0.6 is 0 Å². The van der Waals surface area contributed by atoms with Gasteiger partial charge in [0.15, 0.2) is 0 Å². The molecule has 0 spiro atoms. The number of unbranched alkanes of at least 4 members (excludes halogenated alkanes) is 2. The van der Waals surface area contributed by atoms with Gasteiger partial charge in [0, 0.05) is 0 Å². The largest absolute Gasteiger partial charge is 0.389 e. The Morgan fingerprint density at radius 3 is 2.67 bits per heavy atom. The van der Waals surface area contributed by atoms with E-state index >= 15 is 0 Å². The van der Waals surface area contributed by atoms with E-state index in [1.807, 2.05) is 12.2 Å². The van der Waals surface area contributed by atoms with Gasteiger partial charge in [-0.05, 0) is 13.3 Å². The third-order valence-electron chi connectivity index (χ3n) is 1.14. The summed E-state index contributed by atoms with van der Waals surface area (Å²) in [6.45, 7) is 3.93. The molecule has 54 valence electrons. The van der Waals surface area contributed by atoms with Crippen molar-refractivity contribution in [3.05, 3.63) is 12.2 Å². The van der Waals surface area contributed by atoms with Gasteiger partial charge in [0.05, 0.1) is 6.10 Å². The second kappa shape index (κ2) is 5.83. The van der Waals surface area contributed by atoms with Crippen LogP contribution in [0.3, 0.4) is 0 Å². The Kier molecular flexibility index (Phi) is 5.64. The first-order chi connectivity index (χ1) is 4.27. The molecular weight excluding hydrogens is 112 g/mol. The molecule has 0 aliphatic rings. The minimum absolute atomic E-state index is 0.276. The second-order valence-corrected chi connectivity index (χ2v) is 2.31. The van der Waals surface area contributed by atoms with E-state index in [1.54, 1.807) is 6.92 Å². The minimum Gasteiger partial charge on any atom is -0.389 e. The van der Waals surface area contributed by atoms with Crippen molar-refractivity contribution in [1.29, 1.82) is 0 Å². The van der Waals surface area contributed by atoms with Crippen molar-refractivity contribution < 1.29 is 5.11 Å². The van der Waals surface area contributed by atoms with Crippen molar-refractivity contribution >= 4 is 0 Å². The SMILES string of the molecule is CCCC/C=C/[C@H](C)O. The van der Waals surface area contributed by atoms with Crippen molar-refractivity contribution in [3.63, 3.8) is 0 Å². The Morgan fingerprint density at radius 1 is 1.56 bits per heavy atom. The molecule has 0 aromatic heterocycles. The number of aliphatic hydroxyl groups excluding tert-OH is 1. The number of allylic oxidation sites excluding steroid dienone is 1. The Balaban J connectivity index is 3.04. The van der Waals surface area contributed by atoms with Gasteiger partial charge in [0.2, 0.25) is 0 Å². The maximum Gasteiger partial charge on any atom is 0.0692 e. The molecule has 0 aliphatic heterocycles. The summed E-state index contributed by atoms with van der Waals surface area (Å²) >= 11 is 0. The highest BCUT2D eigenvalue weighted by Gasteiger charge is 1.83. The van der Waals surface area contributed by atoms with Crippen LogP contribution in [0.15, 0.2) is 12.2 Å². The van der Waals surface area contributed by atoms with Crippen LogP contribution in [0.25, 0.3) is 0 Å². The standard InChI is InChI=1S/C8H16O/c1-3-4-5-6-7-8(2)9/h6-9H,3-5H2,1-2H3/b7-6+/t8-/m0/s1. The van der Waals surface area contributed by atoms with Crippen molar-refractivity contribution in [1.82, 2.24) is 0 Å². The molecule has 1 N–H and O–H groups in total. The quantitative estimate of drug-likeness (QED) is 0.454. The maximum absolute atomic E-state index is 8.76. The van der Waals surface area contributed by atoms with E-state index in [-0.39, 0.29) is 6.10 Å². The summed E-state index contributed by atoms with van der Waals surface area (Å²) in [5, 5.41) is 8.76. The Hall–Kier alpha value is -0.300. The molecule has 0 rings (SSSR count). The summed E-state index contributed by atoms with van der Waals surface area (Å²) < 4.78 is 0. The van der Waals surface area contributed by atoms with Gasteiger partial charge < -0.3 is 5.11 Å². The van der Waals surface area contributed by atoms with Crippen LogP contribution in [-0.2, 0) is 0 Å². The van der Waals surface area contributed by atoms with Gasteiger partial charge in [-0.25, -0.2) is 0 Å². The maximum atomic E-state index is 8.76. The van der Waals surface area contributed by atoms with E-state index in [4.69, 9.17) is 5.11 Å². The summed E-state index contributed by atoms with van der Waals surface area (Å²) in [6.07, 6.45) is 7.14. The number of aliphatic hydroxyl groups is 1. The van der Waals surface area contributed by atoms with Crippen LogP contribution in [0.1, 0.15) is 33.1 Å². The summed E-state index contributed by atoms with van der Waals surface area (Å²) in [5.74, 6) is 0. The van der Waals surface area contributed by atoms with Gasteiger partial charge in [-0.1, -0.05) is 31.9 Å². The Bertz CT molecular complexity index is 74.6. The normalized spacial score (nSPS) is 14.6. The van der Waals surface area contributed by atoms with Crippen LogP contribution in [-0.4, -0.2) is 11.2 Å². The predicted molar refractivity (Wildman–Crippen MR) is 40.3 cm³/mol. The van der Waals surface area contributed by atoms with Gasteiger partial charge in [-0.2, -0.15) is 0 Å². The molecule has 0 saturated carbocycles. The van der Waals surface area contributed by atoms with Crippen molar-refractivity contribution in [2.45, 2.75) is 39.2 Å². The van der Waals surface area contributed by atoms with Crippen molar-refractivity contribution in [3.8, 4) is 0 Å². The van der Waals surface area contributed by atoms with E-state index in [1.165, 1.54) is 12.8 Å². The average molecular weight is 128 g/mol. The van der Waals surface area contributed by atoms with Crippen molar-refractivity contribution in [2.75, 3.05) is 0 Å². The van der Waals surface area contributed by atoms with Crippen LogP contribution in [0.2, 0.25) is 0 Å². The molecule has 0 aromatic carbocycles. The first kappa shape index (κ1) is 8.70. The first-order valence-electron chi connectivity index (χ1n) is 3.62. The molecule has 0 radical (unpaired) electrons. The van der Waals surface area contributed by atoms with E-state index in [0.29, 0.717) is 0 Å². The lowest BCUT2D eigenvalue weighted by atomic mass is 10.2. The molecule has 0 aromatic rings. The highest BCUT2D eigenvalue weighted by molar-refractivity contribution is 4.85. The Labute approximate surface area is 57.4 Å². The van der Waals surface area contributed by atoms with E-state index in [9.17, 15) is 0 Å². The number of hydrogen-bond acceptors (Lipinski definition) is 1. The number of rotatable bonds is 4. The fourth-order valence-corrected chi connectivity index (χ4v) is 0.615. The van der Waals surface area contributed by atoms with Crippen LogP contribution in [0, 0.1) is 0 Å². The lowest BCUT2D eigenvalue weighted by molar-refractivity contribution is 0.244. The van der Waals surface area contributed by atoms with Crippen LogP contribution < -0.4 is 0 Å². The highest BCUT2D eigenvalue weighted by atomic mass is 16.3. The summed E-state index contributed by atoms with van der Waals surface area (Å²) in [7, 11) is 0. The van der Waals surface area contributed by atoms with Gasteiger partial charge in [-0.15, -0.1) is 0 Å². The summed E-state index contributed by atoms with van der Waals surface area (Å²) in [5.41, 5.74) is 0. The zero-order valence-corrected chi connectivity index (χ0v) is 6.30. The third-order valence-corrected chi connectivity index (χ3v) is 1.14. The lowest BCUT2D eigenvalue weighted by Gasteiger charge is -1.92. The van der Waals surface area contributed by atoms with Crippen molar-refractivity contribution in [2.24, 2.45) is 0 Å². The molecular formula is C8H16O. The highest BCUT2D eigenvalue weighted by Crippen LogP contribution is 1.95. The predicted octanol–water partition coefficient (Wildman–Crippen LogP) is 2.11.